The Morgan fingerprint density at radius 3 is 2.68 bits per heavy atom. The molecule has 1 aliphatic carbocycles. The molecule has 2 heterocycles. The molecule has 0 fully saturated rings. The van der Waals surface area contributed by atoms with Crippen LogP contribution in [0.15, 0.2) is 30.3 Å². The number of H-pyrrole nitrogens is 1. The summed E-state index contributed by atoms with van der Waals surface area (Å²) in [6.07, 6.45) is 0.380. The maximum atomic E-state index is 13.1. The Kier molecular flexibility index (Phi) is 6.83. The minimum atomic E-state index is -1.23. The van der Waals surface area contributed by atoms with Crippen molar-refractivity contribution in [2.45, 2.75) is 25.4 Å². The van der Waals surface area contributed by atoms with Gasteiger partial charge in [0, 0.05) is 6.92 Å². The molecule has 0 spiro atoms. The van der Waals surface area contributed by atoms with E-state index in [1.165, 1.54) is 11.3 Å². The summed E-state index contributed by atoms with van der Waals surface area (Å²) in [5.41, 5.74) is 2.39. The number of carboxylic acid groups (broad SMARTS) is 1. The van der Waals surface area contributed by atoms with Crippen LogP contribution in [0.5, 0.6) is 0 Å². The maximum Gasteiger partial charge on any atom is 0.323 e. The second-order valence-electron chi connectivity index (χ2n) is 7.74. The number of carbonyl (C=O) groups excluding carboxylic acids is 3. The molecule has 1 aromatic carbocycles. The zero-order valence-corrected chi connectivity index (χ0v) is 20.1. The van der Waals surface area contributed by atoms with E-state index >= 15 is 0 Å². The van der Waals surface area contributed by atoms with Crippen molar-refractivity contribution < 1.29 is 29.0 Å². The Hall–Kier alpha value is -3.08. The highest BCUT2D eigenvalue weighted by atomic mass is 35.5. The van der Waals surface area contributed by atoms with E-state index in [-0.39, 0.29) is 5.69 Å². The topological polar surface area (TPSA) is 129 Å². The first-order chi connectivity index (χ1) is 16.2. The van der Waals surface area contributed by atoms with Crippen molar-refractivity contribution in [3.8, 4) is 0 Å². The number of hydrogen-bond acceptors (Lipinski definition) is 6. The molecule has 4 rings (SSSR count). The third-order valence-corrected chi connectivity index (χ3v) is 7.42. The first-order valence-electron chi connectivity index (χ1n) is 10.2. The van der Waals surface area contributed by atoms with Gasteiger partial charge in [0.05, 0.1) is 27.3 Å². The number of benzene rings is 1. The molecule has 2 aromatic heterocycles. The van der Waals surface area contributed by atoms with Gasteiger partial charge in [0.2, 0.25) is 0 Å². The van der Waals surface area contributed by atoms with E-state index < -0.39 is 49.0 Å². The first kappa shape index (κ1) is 24.1. The number of halogens is 2. The Bertz CT molecular complexity index is 1300. The van der Waals surface area contributed by atoms with Crippen LogP contribution in [0.2, 0.25) is 9.36 Å². The van der Waals surface area contributed by atoms with Crippen LogP contribution in [0.25, 0.3) is 10.2 Å². The van der Waals surface area contributed by atoms with Crippen LogP contribution in [0.3, 0.4) is 0 Å². The van der Waals surface area contributed by atoms with Gasteiger partial charge >= 0.3 is 11.9 Å². The number of aromatic nitrogens is 1. The van der Waals surface area contributed by atoms with Crippen LogP contribution >= 0.6 is 34.5 Å². The summed E-state index contributed by atoms with van der Waals surface area (Å²) in [4.78, 5) is 52.8. The number of nitrogens with zero attached hydrogens (tertiary/aromatic N) is 1. The SMILES string of the molecule is CC(=O)OCC(=O)N(CC(=O)O)[C@@H]1c2ccccc2C[C@H]1NC(=O)c1cc2sc(Cl)c(Cl)c2[nH]1. The van der Waals surface area contributed by atoms with Crippen molar-refractivity contribution in [2.75, 3.05) is 13.2 Å². The van der Waals surface area contributed by atoms with Crippen LogP contribution in [0, 0.1) is 0 Å². The van der Waals surface area contributed by atoms with E-state index in [4.69, 9.17) is 27.9 Å². The average Bonchev–Trinajstić information content (AvgIpc) is 3.43. The van der Waals surface area contributed by atoms with Gasteiger partial charge in [-0.25, -0.2) is 0 Å². The Labute approximate surface area is 207 Å². The fraction of sp³-hybridized carbons (Fsp3) is 0.273. The van der Waals surface area contributed by atoms with Gasteiger partial charge in [-0.3, -0.25) is 19.2 Å². The average molecular weight is 524 g/mol. The minimum absolute atomic E-state index is 0.255. The van der Waals surface area contributed by atoms with E-state index in [9.17, 15) is 24.3 Å². The number of nitrogens with one attached hydrogen (secondary N) is 2. The Morgan fingerprint density at radius 1 is 1.26 bits per heavy atom. The minimum Gasteiger partial charge on any atom is -0.480 e. The number of hydrogen-bond donors (Lipinski definition) is 3. The molecule has 0 unspecified atom stereocenters. The number of rotatable bonds is 7. The molecule has 12 heteroatoms. The van der Waals surface area contributed by atoms with Crippen molar-refractivity contribution in [3.63, 3.8) is 0 Å². The van der Waals surface area contributed by atoms with Gasteiger partial charge < -0.3 is 25.0 Å². The van der Waals surface area contributed by atoms with Gasteiger partial charge in [-0.1, -0.05) is 47.5 Å². The molecule has 0 saturated heterocycles. The van der Waals surface area contributed by atoms with Crippen molar-refractivity contribution in [3.05, 3.63) is 56.5 Å². The van der Waals surface area contributed by atoms with E-state index in [1.807, 2.05) is 12.1 Å². The zero-order valence-electron chi connectivity index (χ0n) is 17.8. The van der Waals surface area contributed by atoms with Crippen molar-refractivity contribution in [1.29, 1.82) is 0 Å². The summed E-state index contributed by atoms with van der Waals surface area (Å²) in [5, 5.41) is 12.7. The molecule has 0 bridgehead atoms. The normalized spacial score (nSPS) is 16.8. The van der Waals surface area contributed by atoms with E-state index in [2.05, 4.69) is 10.3 Å². The lowest BCUT2D eigenvalue weighted by Crippen LogP contribution is -2.49. The molecule has 0 radical (unpaired) electrons. The molecular weight excluding hydrogens is 505 g/mol. The van der Waals surface area contributed by atoms with Crippen LogP contribution in [-0.2, 0) is 25.5 Å². The smallest absolute Gasteiger partial charge is 0.323 e. The number of aromatic amines is 1. The van der Waals surface area contributed by atoms with Gasteiger partial charge in [0.15, 0.2) is 6.61 Å². The largest absolute Gasteiger partial charge is 0.480 e. The van der Waals surface area contributed by atoms with Crippen LogP contribution in [-0.4, -0.2) is 57.9 Å². The summed E-state index contributed by atoms with van der Waals surface area (Å²) in [5.74, 6) is -3.02. The van der Waals surface area contributed by atoms with Crippen molar-refractivity contribution in [2.24, 2.45) is 0 Å². The molecule has 3 N–H and O–H groups in total. The molecule has 9 nitrogen and oxygen atoms in total. The van der Waals surface area contributed by atoms with Gasteiger partial charge in [0.1, 0.15) is 16.6 Å². The number of carboxylic acids is 1. The molecule has 34 heavy (non-hydrogen) atoms. The number of ether oxygens (including phenoxy) is 1. The fourth-order valence-electron chi connectivity index (χ4n) is 4.11. The molecule has 0 saturated carbocycles. The summed E-state index contributed by atoms with van der Waals surface area (Å²) in [6, 6.07) is 7.48. The third-order valence-electron chi connectivity index (χ3n) is 5.49. The Balaban J connectivity index is 1.64. The lowest BCUT2D eigenvalue weighted by atomic mass is 10.0. The maximum absolute atomic E-state index is 13.1. The highest BCUT2D eigenvalue weighted by molar-refractivity contribution is 7.23. The summed E-state index contributed by atoms with van der Waals surface area (Å²) < 4.78 is 5.94. The van der Waals surface area contributed by atoms with Crippen LogP contribution in [0.1, 0.15) is 34.6 Å². The summed E-state index contributed by atoms with van der Waals surface area (Å²) in [7, 11) is 0. The lowest BCUT2D eigenvalue weighted by molar-refractivity contribution is -0.154. The number of amides is 2. The molecule has 2 atom stereocenters. The molecule has 0 aliphatic heterocycles. The van der Waals surface area contributed by atoms with Gasteiger partial charge in [-0.05, 0) is 23.6 Å². The second-order valence-corrected chi connectivity index (χ2v) is 9.77. The number of esters is 1. The van der Waals surface area contributed by atoms with Crippen LogP contribution in [0.4, 0.5) is 0 Å². The highest BCUT2D eigenvalue weighted by Crippen LogP contribution is 2.39. The molecular formula is C22H19Cl2N3O6S. The van der Waals surface area contributed by atoms with Gasteiger partial charge in [0.25, 0.3) is 11.8 Å². The quantitative estimate of drug-likeness (QED) is 0.407. The summed E-state index contributed by atoms with van der Waals surface area (Å²) >= 11 is 13.4. The number of fused-ring (bicyclic) bond motifs is 2. The molecule has 1 aliphatic rings. The van der Waals surface area contributed by atoms with E-state index in [0.29, 0.717) is 26.9 Å². The number of aliphatic carboxylic acids is 1. The Morgan fingerprint density at radius 2 is 2.00 bits per heavy atom. The molecule has 3 aromatic rings. The molecule has 2 amide bonds. The van der Waals surface area contributed by atoms with Gasteiger partial charge in [-0.15, -0.1) is 11.3 Å². The predicted molar refractivity (Wildman–Crippen MR) is 126 cm³/mol. The monoisotopic (exact) mass is 523 g/mol. The summed E-state index contributed by atoms with van der Waals surface area (Å²) in [6.45, 7) is -0.0741. The predicted octanol–water partition coefficient (Wildman–Crippen LogP) is 3.41. The number of thiophene rings is 1. The number of carbonyl (C=O) groups is 4. The standard InChI is InChI=1S/C22H19Cl2N3O6S/c1-10(28)33-9-16(29)27(8-17(30)31)20-12-5-3-2-4-11(12)6-13(20)26-22(32)14-7-15-19(25-14)18(23)21(24)34-15/h2-5,7,13,20,25H,6,8-9H2,1H3,(H,26,32)(H,30,31)/t13-,20-/m1/s1. The fourth-order valence-corrected chi connectivity index (χ4v) is 5.59. The van der Waals surface area contributed by atoms with Crippen molar-refractivity contribution >= 4 is 68.5 Å². The first-order valence-corrected chi connectivity index (χ1v) is 11.7. The highest BCUT2D eigenvalue weighted by Gasteiger charge is 2.40. The van der Waals surface area contributed by atoms with Gasteiger partial charge in [-0.2, -0.15) is 0 Å². The lowest BCUT2D eigenvalue weighted by Gasteiger charge is -2.33. The van der Waals surface area contributed by atoms with E-state index in [0.717, 1.165) is 22.1 Å². The zero-order chi connectivity index (χ0) is 24.6. The van der Waals surface area contributed by atoms with Crippen LogP contribution < -0.4 is 5.32 Å². The second kappa shape index (κ2) is 9.65. The van der Waals surface area contributed by atoms with E-state index in [1.54, 1.807) is 18.2 Å². The third kappa shape index (κ3) is 4.75. The van der Waals surface area contributed by atoms with Crippen molar-refractivity contribution in [1.82, 2.24) is 15.2 Å². The molecule has 178 valence electrons.